The van der Waals surface area contributed by atoms with Gasteiger partial charge in [0.2, 0.25) is 0 Å². The van der Waals surface area contributed by atoms with Crippen molar-refractivity contribution in [2.45, 2.75) is 38.7 Å². The predicted octanol–water partition coefficient (Wildman–Crippen LogP) is 2.51. The van der Waals surface area contributed by atoms with Crippen molar-refractivity contribution in [2.24, 2.45) is 4.99 Å². The molecule has 140 valence electrons. The molecule has 0 aliphatic carbocycles. The van der Waals surface area contributed by atoms with Crippen LogP contribution in [0.15, 0.2) is 29.3 Å². The molecule has 2 N–H and O–H groups in total. The number of guanidine groups is 1. The Hall–Kier alpha value is -1.66. The van der Waals surface area contributed by atoms with Gasteiger partial charge < -0.3 is 20.1 Å². The highest BCUT2D eigenvalue weighted by atomic mass is 19.1. The van der Waals surface area contributed by atoms with Crippen LogP contribution in [0.5, 0.6) is 0 Å². The molecule has 0 spiro atoms. The van der Waals surface area contributed by atoms with Gasteiger partial charge in [0.1, 0.15) is 5.82 Å². The Labute approximate surface area is 150 Å². The smallest absolute Gasteiger partial charge is 0.191 e. The summed E-state index contributed by atoms with van der Waals surface area (Å²) >= 11 is 0. The zero-order valence-electron chi connectivity index (χ0n) is 15.1. The molecule has 1 aliphatic heterocycles. The quantitative estimate of drug-likeness (QED) is 0.408. The Bertz CT molecular complexity index is 519. The molecule has 0 atom stereocenters. The lowest BCUT2D eigenvalue weighted by Gasteiger charge is -2.22. The monoisotopic (exact) mass is 351 g/mol. The number of nitrogens with zero attached hydrogens (tertiary/aromatic N) is 1. The number of ether oxygens (including phenoxy) is 2. The number of rotatable bonds is 9. The highest BCUT2D eigenvalue weighted by molar-refractivity contribution is 5.79. The Morgan fingerprint density at radius 1 is 1.32 bits per heavy atom. The van der Waals surface area contributed by atoms with Crippen molar-refractivity contribution in [3.8, 4) is 0 Å². The maximum Gasteiger partial charge on any atom is 0.191 e. The Morgan fingerprint density at radius 2 is 2.16 bits per heavy atom. The van der Waals surface area contributed by atoms with Gasteiger partial charge in [-0.15, -0.1) is 0 Å². The van der Waals surface area contributed by atoms with Crippen LogP contribution < -0.4 is 10.6 Å². The van der Waals surface area contributed by atoms with Gasteiger partial charge in [-0.2, -0.15) is 0 Å². The van der Waals surface area contributed by atoms with E-state index < -0.39 is 0 Å². The summed E-state index contributed by atoms with van der Waals surface area (Å²) in [6, 6.07) is 6.70. The molecular formula is C19H30FN3O2. The van der Waals surface area contributed by atoms with Crippen molar-refractivity contribution >= 4 is 5.96 Å². The lowest BCUT2D eigenvalue weighted by Crippen LogP contribution is -2.38. The van der Waals surface area contributed by atoms with Crippen molar-refractivity contribution in [3.63, 3.8) is 0 Å². The number of hydrogen-bond donors (Lipinski definition) is 2. The van der Waals surface area contributed by atoms with Gasteiger partial charge in [0.15, 0.2) is 5.96 Å². The van der Waals surface area contributed by atoms with Gasteiger partial charge in [-0.3, -0.25) is 4.99 Å². The number of halogens is 1. The first-order chi connectivity index (χ1) is 12.3. The van der Waals surface area contributed by atoms with E-state index in [0.717, 1.165) is 70.1 Å². The summed E-state index contributed by atoms with van der Waals surface area (Å²) in [5, 5.41) is 6.52. The number of aliphatic imine (C=N–C) groups is 1. The van der Waals surface area contributed by atoms with Crippen molar-refractivity contribution in [1.82, 2.24) is 10.6 Å². The van der Waals surface area contributed by atoms with Gasteiger partial charge in [0, 0.05) is 39.5 Å². The SMILES string of the molecule is CCNC(=NCCCOC1CCOCC1)NCCc1cccc(F)c1. The predicted molar refractivity (Wildman–Crippen MR) is 98.5 cm³/mol. The standard InChI is InChI=1S/C19H30FN3O2/c1-2-21-19(23-11-7-16-5-3-6-17(20)15-16)22-10-4-12-25-18-8-13-24-14-9-18/h3,5-6,15,18H,2,4,7-14H2,1H3,(H2,21,22,23). The number of hydrogen-bond acceptors (Lipinski definition) is 3. The molecule has 0 aromatic heterocycles. The number of nitrogens with one attached hydrogen (secondary N) is 2. The summed E-state index contributed by atoms with van der Waals surface area (Å²) in [6.07, 6.45) is 3.99. The highest BCUT2D eigenvalue weighted by Gasteiger charge is 2.13. The fourth-order valence-electron chi connectivity index (χ4n) is 2.71. The topological polar surface area (TPSA) is 54.9 Å². The molecule has 1 aromatic carbocycles. The van der Waals surface area contributed by atoms with Gasteiger partial charge in [0.25, 0.3) is 0 Å². The minimum absolute atomic E-state index is 0.192. The van der Waals surface area contributed by atoms with Crippen molar-refractivity contribution in [1.29, 1.82) is 0 Å². The van der Waals surface area contributed by atoms with Gasteiger partial charge in [0.05, 0.1) is 6.10 Å². The van der Waals surface area contributed by atoms with E-state index in [1.165, 1.54) is 6.07 Å². The summed E-state index contributed by atoms with van der Waals surface area (Å²) < 4.78 is 24.3. The Morgan fingerprint density at radius 3 is 2.92 bits per heavy atom. The van der Waals surface area contributed by atoms with Gasteiger partial charge >= 0.3 is 0 Å². The number of benzene rings is 1. The molecule has 0 amide bonds. The molecule has 1 saturated heterocycles. The van der Waals surface area contributed by atoms with Crippen molar-refractivity contribution in [3.05, 3.63) is 35.6 Å². The van der Waals surface area contributed by atoms with E-state index in [-0.39, 0.29) is 5.82 Å². The summed E-state index contributed by atoms with van der Waals surface area (Å²) in [4.78, 5) is 4.56. The second-order valence-corrected chi connectivity index (χ2v) is 6.10. The first-order valence-electron chi connectivity index (χ1n) is 9.24. The maximum atomic E-state index is 13.2. The second kappa shape index (κ2) is 11.8. The average Bonchev–Trinajstić information content (AvgIpc) is 2.62. The van der Waals surface area contributed by atoms with Crippen LogP contribution >= 0.6 is 0 Å². The Balaban J connectivity index is 1.63. The van der Waals surface area contributed by atoms with Gasteiger partial charge in [-0.25, -0.2) is 4.39 Å². The van der Waals surface area contributed by atoms with Crippen molar-refractivity contribution in [2.75, 3.05) is 39.5 Å². The molecule has 0 radical (unpaired) electrons. The first kappa shape index (κ1) is 19.7. The second-order valence-electron chi connectivity index (χ2n) is 6.10. The molecule has 6 heteroatoms. The Kier molecular flexibility index (Phi) is 9.29. The lowest BCUT2D eigenvalue weighted by atomic mass is 10.1. The van der Waals surface area contributed by atoms with Gasteiger partial charge in [-0.05, 0) is 50.3 Å². The average molecular weight is 351 g/mol. The zero-order chi connectivity index (χ0) is 17.7. The fraction of sp³-hybridized carbons (Fsp3) is 0.632. The van der Waals surface area contributed by atoms with E-state index in [1.807, 2.05) is 13.0 Å². The zero-order valence-corrected chi connectivity index (χ0v) is 15.1. The van der Waals surface area contributed by atoms with E-state index in [2.05, 4.69) is 15.6 Å². The molecule has 0 saturated carbocycles. The van der Waals surface area contributed by atoms with Gasteiger partial charge in [-0.1, -0.05) is 12.1 Å². The maximum absolute atomic E-state index is 13.2. The van der Waals surface area contributed by atoms with Crippen LogP contribution in [0.4, 0.5) is 4.39 Å². The lowest BCUT2D eigenvalue weighted by molar-refractivity contribution is -0.0318. The van der Waals surface area contributed by atoms with E-state index in [1.54, 1.807) is 12.1 Å². The van der Waals surface area contributed by atoms with Crippen LogP contribution in [0.1, 0.15) is 31.7 Å². The molecule has 1 aromatic rings. The molecule has 1 fully saturated rings. The molecule has 2 rings (SSSR count). The van der Waals surface area contributed by atoms with Crippen LogP contribution in [-0.4, -0.2) is 51.5 Å². The fourth-order valence-corrected chi connectivity index (χ4v) is 2.71. The molecule has 1 aliphatic rings. The normalized spacial score (nSPS) is 16.0. The minimum Gasteiger partial charge on any atom is -0.381 e. The third-order valence-electron chi connectivity index (χ3n) is 4.03. The highest BCUT2D eigenvalue weighted by Crippen LogP contribution is 2.10. The van der Waals surface area contributed by atoms with Crippen LogP contribution in [0.25, 0.3) is 0 Å². The van der Waals surface area contributed by atoms with Crippen LogP contribution in [0.3, 0.4) is 0 Å². The minimum atomic E-state index is -0.192. The van der Waals surface area contributed by atoms with Crippen LogP contribution in [0.2, 0.25) is 0 Å². The van der Waals surface area contributed by atoms with Crippen LogP contribution in [0, 0.1) is 5.82 Å². The summed E-state index contributed by atoms with van der Waals surface area (Å²) in [7, 11) is 0. The van der Waals surface area contributed by atoms with E-state index in [4.69, 9.17) is 9.47 Å². The van der Waals surface area contributed by atoms with E-state index in [9.17, 15) is 4.39 Å². The van der Waals surface area contributed by atoms with Crippen molar-refractivity contribution < 1.29 is 13.9 Å². The largest absolute Gasteiger partial charge is 0.381 e. The van der Waals surface area contributed by atoms with E-state index in [0.29, 0.717) is 12.6 Å². The molecular weight excluding hydrogens is 321 g/mol. The van der Waals surface area contributed by atoms with Crippen LogP contribution in [-0.2, 0) is 15.9 Å². The summed E-state index contributed by atoms with van der Waals surface area (Å²) in [5.41, 5.74) is 0.980. The summed E-state index contributed by atoms with van der Waals surface area (Å²) in [6.45, 7) is 6.64. The molecule has 5 nitrogen and oxygen atoms in total. The van der Waals surface area contributed by atoms with E-state index >= 15 is 0 Å². The molecule has 0 bridgehead atoms. The third-order valence-corrected chi connectivity index (χ3v) is 4.03. The molecule has 1 heterocycles. The third kappa shape index (κ3) is 8.31. The summed E-state index contributed by atoms with van der Waals surface area (Å²) in [5.74, 6) is 0.604. The first-order valence-corrected chi connectivity index (χ1v) is 9.24. The molecule has 25 heavy (non-hydrogen) atoms. The molecule has 0 unspecified atom stereocenters.